The third kappa shape index (κ3) is 12.4. The second-order valence-corrected chi connectivity index (χ2v) is 11.8. The van der Waals surface area contributed by atoms with Crippen LogP contribution in [0.5, 0.6) is 0 Å². The van der Waals surface area contributed by atoms with Gasteiger partial charge in [-0.3, -0.25) is 14.4 Å². The number of nitrogens with one attached hydrogen (secondary N) is 2. The second kappa shape index (κ2) is 16.9. The van der Waals surface area contributed by atoms with Gasteiger partial charge in [-0.25, -0.2) is 4.79 Å². The van der Waals surface area contributed by atoms with E-state index in [9.17, 15) is 19.2 Å². The van der Waals surface area contributed by atoms with Crippen LogP contribution in [0.2, 0.25) is 0 Å². The molecule has 9 heteroatoms. The first kappa shape index (κ1) is 34.9. The summed E-state index contributed by atoms with van der Waals surface area (Å²) in [4.78, 5) is 54.1. The number of nitrogens with zero attached hydrogens (tertiary/aromatic N) is 1. The Balaban J connectivity index is 3.55. The van der Waals surface area contributed by atoms with Gasteiger partial charge in [0.25, 0.3) is 0 Å². The van der Waals surface area contributed by atoms with Crippen LogP contribution in [0.15, 0.2) is 18.2 Å². The van der Waals surface area contributed by atoms with Gasteiger partial charge >= 0.3 is 12.1 Å². The zero-order chi connectivity index (χ0) is 30.5. The number of hydrogen-bond acceptors (Lipinski definition) is 6. The molecule has 0 saturated carbocycles. The molecule has 1 aromatic carbocycles. The summed E-state index contributed by atoms with van der Waals surface area (Å²) >= 11 is 0. The molecule has 0 spiro atoms. The van der Waals surface area contributed by atoms with Crippen LogP contribution in [0, 0.1) is 19.8 Å². The van der Waals surface area contributed by atoms with E-state index in [0.29, 0.717) is 24.9 Å². The quantitative estimate of drug-likeness (QED) is 0.220. The molecule has 0 aromatic heterocycles. The normalized spacial score (nSPS) is 12.8. The molecule has 0 radical (unpaired) electrons. The third-order valence-corrected chi connectivity index (χ3v) is 6.40. The fourth-order valence-electron chi connectivity index (χ4n) is 4.51. The Morgan fingerprint density at radius 1 is 1.00 bits per heavy atom. The Kier molecular flexibility index (Phi) is 14.7. The van der Waals surface area contributed by atoms with Gasteiger partial charge in [0.05, 0.1) is 7.11 Å². The number of unbranched alkanes of at least 4 members (excludes halogenated alkanes) is 4. The van der Waals surface area contributed by atoms with E-state index < -0.39 is 35.7 Å². The summed E-state index contributed by atoms with van der Waals surface area (Å²) in [5.74, 6) is -1.36. The number of methoxy groups -OCH3 is 1. The first-order chi connectivity index (χ1) is 18.7. The van der Waals surface area contributed by atoms with Crippen molar-refractivity contribution in [3.05, 3.63) is 34.9 Å². The van der Waals surface area contributed by atoms with Crippen LogP contribution < -0.4 is 10.6 Å². The van der Waals surface area contributed by atoms with Gasteiger partial charge in [-0.1, -0.05) is 70.2 Å². The Bertz CT molecular complexity index is 986. The predicted octanol–water partition coefficient (Wildman–Crippen LogP) is 5.37. The van der Waals surface area contributed by atoms with Crippen molar-refractivity contribution in [1.29, 1.82) is 0 Å². The van der Waals surface area contributed by atoms with Gasteiger partial charge in [-0.05, 0) is 64.5 Å². The standard InChI is InChI=1S/C31H51N3O6/c1-10-11-12-13-14-17-34(29(37)25(18-21(2)3)33-30(38)40-31(6,7)8)27(28(36)32-20-26(35)39-9)24-16-15-22(4)19-23(24)5/h15-16,19,21,25,27H,10-14,17-18,20H2,1-9H3,(H,32,36)(H,33,38). The molecular formula is C31H51N3O6. The van der Waals surface area contributed by atoms with Crippen molar-refractivity contribution in [3.8, 4) is 0 Å². The average Bonchev–Trinajstić information content (AvgIpc) is 2.84. The van der Waals surface area contributed by atoms with Gasteiger partial charge in [0, 0.05) is 6.54 Å². The maximum absolute atomic E-state index is 14.3. The molecule has 2 unspecified atom stereocenters. The molecule has 2 N–H and O–H groups in total. The molecule has 40 heavy (non-hydrogen) atoms. The van der Waals surface area contributed by atoms with E-state index in [0.717, 1.165) is 36.8 Å². The lowest BCUT2D eigenvalue weighted by Gasteiger charge is -2.35. The van der Waals surface area contributed by atoms with E-state index in [1.807, 2.05) is 45.9 Å². The van der Waals surface area contributed by atoms with Crippen LogP contribution in [0.4, 0.5) is 4.79 Å². The van der Waals surface area contributed by atoms with E-state index in [2.05, 4.69) is 17.6 Å². The monoisotopic (exact) mass is 561 g/mol. The van der Waals surface area contributed by atoms with Gasteiger partial charge < -0.3 is 25.0 Å². The van der Waals surface area contributed by atoms with Crippen molar-refractivity contribution in [2.45, 2.75) is 112 Å². The van der Waals surface area contributed by atoms with E-state index in [4.69, 9.17) is 9.47 Å². The SMILES string of the molecule is CCCCCCCN(C(=O)C(CC(C)C)NC(=O)OC(C)(C)C)C(C(=O)NCC(=O)OC)c1ccc(C)cc1C. The molecule has 0 aliphatic carbocycles. The predicted molar refractivity (Wildman–Crippen MR) is 157 cm³/mol. The summed E-state index contributed by atoms with van der Waals surface area (Å²) in [5.41, 5.74) is 1.80. The molecule has 0 fully saturated rings. The lowest BCUT2D eigenvalue weighted by molar-refractivity contribution is -0.145. The number of aryl methyl sites for hydroxylation is 2. The highest BCUT2D eigenvalue weighted by Gasteiger charge is 2.37. The Hall–Kier alpha value is -3.10. The van der Waals surface area contributed by atoms with Crippen molar-refractivity contribution in [2.24, 2.45) is 5.92 Å². The fourth-order valence-corrected chi connectivity index (χ4v) is 4.51. The van der Waals surface area contributed by atoms with Crippen LogP contribution in [-0.4, -0.2) is 60.6 Å². The molecule has 0 heterocycles. The zero-order valence-corrected chi connectivity index (χ0v) is 26.0. The molecule has 9 nitrogen and oxygen atoms in total. The van der Waals surface area contributed by atoms with Crippen LogP contribution in [0.1, 0.15) is 103 Å². The summed E-state index contributed by atoms with van der Waals surface area (Å²) in [6.07, 6.45) is 4.46. The zero-order valence-electron chi connectivity index (χ0n) is 26.0. The lowest BCUT2D eigenvalue weighted by atomic mass is 9.95. The first-order valence-electron chi connectivity index (χ1n) is 14.4. The van der Waals surface area contributed by atoms with Crippen LogP contribution in [-0.2, 0) is 23.9 Å². The summed E-state index contributed by atoms with van der Waals surface area (Å²) in [7, 11) is 1.25. The van der Waals surface area contributed by atoms with Crippen molar-refractivity contribution < 1.29 is 28.7 Å². The smallest absolute Gasteiger partial charge is 0.408 e. The molecule has 3 amide bonds. The molecule has 0 saturated heterocycles. The van der Waals surface area contributed by atoms with Gasteiger partial charge in [-0.2, -0.15) is 0 Å². The maximum atomic E-state index is 14.3. The van der Waals surface area contributed by atoms with E-state index in [1.54, 1.807) is 25.7 Å². The average molecular weight is 562 g/mol. The number of hydrogen-bond donors (Lipinski definition) is 2. The van der Waals surface area contributed by atoms with E-state index in [-0.39, 0.29) is 18.4 Å². The largest absolute Gasteiger partial charge is 0.468 e. The summed E-state index contributed by atoms with van der Waals surface area (Å²) < 4.78 is 10.2. The number of benzene rings is 1. The van der Waals surface area contributed by atoms with Gasteiger partial charge in [0.15, 0.2) is 0 Å². The minimum Gasteiger partial charge on any atom is -0.468 e. The third-order valence-electron chi connectivity index (χ3n) is 6.40. The van der Waals surface area contributed by atoms with E-state index in [1.165, 1.54) is 7.11 Å². The molecule has 1 aromatic rings. The minimum atomic E-state index is -1.00. The Morgan fingerprint density at radius 2 is 1.65 bits per heavy atom. The fraction of sp³-hybridized carbons (Fsp3) is 0.677. The van der Waals surface area contributed by atoms with Crippen molar-refractivity contribution in [3.63, 3.8) is 0 Å². The van der Waals surface area contributed by atoms with Crippen LogP contribution in [0.3, 0.4) is 0 Å². The highest BCUT2D eigenvalue weighted by molar-refractivity contribution is 5.93. The van der Waals surface area contributed by atoms with Gasteiger partial charge in [0.2, 0.25) is 11.8 Å². The molecular weight excluding hydrogens is 510 g/mol. The minimum absolute atomic E-state index is 0.0861. The van der Waals surface area contributed by atoms with Crippen LogP contribution >= 0.6 is 0 Å². The topological polar surface area (TPSA) is 114 Å². The van der Waals surface area contributed by atoms with Crippen LogP contribution in [0.25, 0.3) is 0 Å². The number of amides is 3. The summed E-state index contributed by atoms with van der Waals surface area (Å²) in [5, 5.41) is 5.42. The van der Waals surface area contributed by atoms with Crippen molar-refractivity contribution in [2.75, 3.05) is 20.2 Å². The highest BCUT2D eigenvalue weighted by Crippen LogP contribution is 2.28. The number of carbonyl (C=O) groups is 4. The second-order valence-electron chi connectivity index (χ2n) is 11.8. The maximum Gasteiger partial charge on any atom is 0.408 e. The summed E-state index contributed by atoms with van der Waals surface area (Å²) in [6, 6.07) is 3.82. The molecule has 2 atom stereocenters. The summed E-state index contributed by atoms with van der Waals surface area (Å²) in [6.45, 7) is 15.2. The molecule has 226 valence electrons. The van der Waals surface area contributed by atoms with Crippen molar-refractivity contribution in [1.82, 2.24) is 15.5 Å². The van der Waals surface area contributed by atoms with Gasteiger partial charge in [-0.15, -0.1) is 0 Å². The number of ether oxygens (including phenoxy) is 2. The highest BCUT2D eigenvalue weighted by atomic mass is 16.6. The van der Waals surface area contributed by atoms with Gasteiger partial charge in [0.1, 0.15) is 24.2 Å². The van der Waals surface area contributed by atoms with E-state index >= 15 is 0 Å². The Morgan fingerprint density at radius 3 is 2.20 bits per heavy atom. The van der Waals surface area contributed by atoms with Crippen molar-refractivity contribution >= 4 is 23.9 Å². The number of carbonyl (C=O) groups excluding carboxylic acids is 4. The Labute approximate surface area is 240 Å². The molecule has 0 bridgehead atoms. The number of esters is 1. The lowest BCUT2D eigenvalue weighted by Crippen LogP contribution is -2.54. The molecule has 1 rings (SSSR count). The molecule has 0 aliphatic rings. The first-order valence-corrected chi connectivity index (χ1v) is 14.4. The number of alkyl carbamates (subject to hydrolysis) is 1. The molecule has 0 aliphatic heterocycles. The number of rotatable bonds is 15.